The molecule has 4 heteroatoms. The molecule has 0 saturated heterocycles. The van der Waals surface area contributed by atoms with E-state index in [1.54, 1.807) is 6.20 Å². The van der Waals surface area contributed by atoms with Gasteiger partial charge in [-0.25, -0.2) is 0 Å². The summed E-state index contributed by atoms with van der Waals surface area (Å²) in [5, 5.41) is 14.8. The number of nitrogens with zero attached hydrogens (tertiary/aromatic N) is 1. The van der Waals surface area contributed by atoms with Crippen LogP contribution in [0.3, 0.4) is 0 Å². The first-order valence-electron chi connectivity index (χ1n) is 2.56. The predicted octanol–water partition coefficient (Wildman–Crippen LogP) is -0.0894. The minimum atomic E-state index is -0.0906. The normalized spacial score (nSPS) is 9.56. The standard InChI is InChI=1S/C5H8N2O2/c1-9-5-2-6-7-4(5)3-8/h2,8H,3H2,1H3,(H,6,7). The number of ether oxygens (including phenoxy) is 1. The summed E-state index contributed by atoms with van der Waals surface area (Å²) >= 11 is 0. The topological polar surface area (TPSA) is 58.1 Å². The van der Waals surface area contributed by atoms with Crippen molar-refractivity contribution in [1.82, 2.24) is 10.2 Å². The second-order valence-electron chi connectivity index (χ2n) is 1.56. The molecular weight excluding hydrogens is 120 g/mol. The van der Waals surface area contributed by atoms with Crippen molar-refractivity contribution >= 4 is 0 Å². The minimum absolute atomic E-state index is 0.0906. The highest BCUT2D eigenvalue weighted by atomic mass is 16.5. The van der Waals surface area contributed by atoms with Crippen molar-refractivity contribution < 1.29 is 9.84 Å². The summed E-state index contributed by atoms with van der Waals surface area (Å²) in [7, 11) is 1.53. The molecule has 0 aliphatic heterocycles. The molecule has 0 spiro atoms. The quantitative estimate of drug-likeness (QED) is 0.585. The number of aromatic nitrogens is 2. The van der Waals surface area contributed by atoms with Gasteiger partial charge in [0.05, 0.1) is 19.9 Å². The van der Waals surface area contributed by atoms with Crippen LogP contribution in [0.15, 0.2) is 6.20 Å². The molecule has 50 valence electrons. The number of hydrogen-bond acceptors (Lipinski definition) is 3. The van der Waals surface area contributed by atoms with Crippen LogP contribution in [0.2, 0.25) is 0 Å². The highest BCUT2D eigenvalue weighted by molar-refractivity contribution is 5.22. The van der Waals surface area contributed by atoms with Gasteiger partial charge in [-0.15, -0.1) is 0 Å². The van der Waals surface area contributed by atoms with Gasteiger partial charge < -0.3 is 9.84 Å². The lowest BCUT2D eigenvalue weighted by Crippen LogP contribution is -1.88. The summed E-state index contributed by atoms with van der Waals surface area (Å²) in [5.74, 6) is 0.595. The maximum atomic E-state index is 8.58. The van der Waals surface area contributed by atoms with E-state index < -0.39 is 0 Å². The fraction of sp³-hybridized carbons (Fsp3) is 0.400. The average molecular weight is 128 g/mol. The molecule has 0 fully saturated rings. The second-order valence-corrected chi connectivity index (χ2v) is 1.56. The minimum Gasteiger partial charge on any atom is -0.493 e. The number of hydrogen-bond donors (Lipinski definition) is 2. The summed E-state index contributed by atoms with van der Waals surface area (Å²) in [6.07, 6.45) is 1.59. The fourth-order valence-corrected chi connectivity index (χ4v) is 0.597. The summed E-state index contributed by atoms with van der Waals surface area (Å²) in [5.41, 5.74) is 0.539. The molecule has 0 atom stereocenters. The first kappa shape index (κ1) is 6.10. The van der Waals surface area contributed by atoms with Gasteiger partial charge in [-0.3, -0.25) is 5.10 Å². The van der Waals surface area contributed by atoms with E-state index in [-0.39, 0.29) is 6.61 Å². The van der Waals surface area contributed by atoms with Gasteiger partial charge in [-0.2, -0.15) is 5.10 Å². The van der Waals surface area contributed by atoms with Crippen LogP contribution in [0.1, 0.15) is 5.69 Å². The number of aromatic amines is 1. The summed E-state index contributed by atoms with van der Waals surface area (Å²) < 4.78 is 4.82. The van der Waals surface area contributed by atoms with Crippen molar-refractivity contribution in [3.63, 3.8) is 0 Å². The van der Waals surface area contributed by atoms with E-state index >= 15 is 0 Å². The molecule has 1 heterocycles. The first-order chi connectivity index (χ1) is 4.38. The molecule has 0 aliphatic rings. The predicted molar refractivity (Wildman–Crippen MR) is 31.1 cm³/mol. The van der Waals surface area contributed by atoms with Crippen LogP contribution >= 0.6 is 0 Å². The molecule has 2 N–H and O–H groups in total. The Morgan fingerprint density at radius 2 is 2.67 bits per heavy atom. The smallest absolute Gasteiger partial charge is 0.162 e. The molecule has 4 nitrogen and oxygen atoms in total. The average Bonchev–Trinajstić information content (AvgIpc) is 2.33. The highest BCUT2D eigenvalue weighted by Gasteiger charge is 2.01. The number of nitrogens with one attached hydrogen (secondary N) is 1. The van der Waals surface area contributed by atoms with Gasteiger partial charge in [0.25, 0.3) is 0 Å². The first-order valence-corrected chi connectivity index (χ1v) is 2.56. The SMILES string of the molecule is COc1c[nH]nc1CO. The molecule has 0 saturated carbocycles. The number of H-pyrrole nitrogens is 1. The van der Waals surface area contributed by atoms with Crippen LogP contribution < -0.4 is 4.74 Å². The van der Waals surface area contributed by atoms with Crippen molar-refractivity contribution in [2.24, 2.45) is 0 Å². The number of aliphatic hydroxyl groups excluding tert-OH is 1. The zero-order valence-electron chi connectivity index (χ0n) is 5.09. The Balaban J connectivity index is 2.85. The number of aliphatic hydroxyl groups is 1. The molecule has 1 aromatic rings. The zero-order valence-corrected chi connectivity index (χ0v) is 5.09. The lowest BCUT2D eigenvalue weighted by atomic mass is 10.4. The van der Waals surface area contributed by atoms with Crippen molar-refractivity contribution in [2.45, 2.75) is 6.61 Å². The largest absolute Gasteiger partial charge is 0.493 e. The van der Waals surface area contributed by atoms with Gasteiger partial charge in [0, 0.05) is 0 Å². The van der Waals surface area contributed by atoms with E-state index in [2.05, 4.69) is 10.2 Å². The Kier molecular flexibility index (Phi) is 1.69. The van der Waals surface area contributed by atoms with Crippen LogP contribution in [0.4, 0.5) is 0 Å². The second kappa shape index (κ2) is 2.50. The lowest BCUT2D eigenvalue weighted by molar-refractivity contribution is 0.269. The summed E-state index contributed by atoms with van der Waals surface area (Å²) in [4.78, 5) is 0. The van der Waals surface area contributed by atoms with E-state index in [9.17, 15) is 0 Å². The van der Waals surface area contributed by atoms with Gasteiger partial charge in [-0.1, -0.05) is 0 Å². The third-order valence-electron chi connectivity index (χ3n) is 1.05. The van der Waals surface area contributed by atoms with Crippen LogP contribution in [-0.4, -0.2) is 22.4 Å². The Hall–Kier alpha value is -1.03. The number of methoxy groups -OCH3 is 1. The third kappa shape index (κ3) is 1.02. The molecule has 0 unspecified atom stereocenters. The van der Waals surface area contributed by atoms with Gasteiger partial charge in [0.15, 0.2) is 5.75 Å². The highest BCUT2D eigenvalue weighted by Crippen LogP contribution is 2.12. The zero-order chi connectivity index (χ0) is 6.69. The molecule has 0 radical (unpaired) electrons. The number of rotatable bonds is 2. The van der Waals surface area contributed by atoms with E-state index in [1.807, 2.05) is 0 Å². The van der Waals surface area contributed by atoms with Crippen LogP contribution in [0.25, 0.3) is 0 Å². The van der Waals surface area contributed by atoms with Gasteiger partial charge in [-0.05, 0) is 0 Å². The van der Waals surface area contributed by atoms with E-state index in [0.29, 0.717) is 11.4 Å². The van der Waals surface area contributed by atoms with E-state index in [4.69, 9.17) is 9.84 Å². The van der Waals surface area contributed by atoms with E-state index in [1.165, 1.54) is 7.11 Å². The van der Waals surface area contributed by atoms with E-state index in [0.717, 1.165) is 0 Å². The van der Waals surface area contributed by atoms with Gasteiger partial charge in [0.2, 0.25) is 0 Å². The van der Waals surface area contributed by atoms with Crippen molar-refractivity contribution in [1.29, 1.82) is 0 Å². The maximum absolute atomic E-state index is 8.58. The Morgan fingerprint density at radius 3 is 3.11 bits per heavy atom. The fourth-order valence-electron chi connectivity index (χ4n) is 0.597. The molecule has 0 aliphatic carbocycles. The molecule has 1 rings (SSSR count). The monoisotopic (exact) mass is 128 g/mol. The summed E-state index contributed by atoms with van der Waals surface area (Å²) in [6, 6.07) is 0. The van der Waals surface area contributed by atoms with Crippen molar-refractivity contribution in [3.8, 4) is 5.75 Å². The summed E-state index contributed by atoms with van der Waals surface area (Å²) in [6.45, 7) is -0.0906. The Morgan fingerprint density at radius 1 is 1.89 bits per heavy atom. The molecular formula is C5H8N2O2. The van der Waals surface area contributed by atoms with Gasteiger partial charge >= 0.3 is 0 Å². The van der Waals surface area contributed by atoms with Crippen molar-refractivity contribution in [2.75, 3.05) is 7.11 Å². The van der Waals surface area contributed by atoms with Crippen molar-refractivity contribution in [3.05, 3.63) is 11.9 Å². The third-order valence-corrected chi connectivity index (χ3v) is 1.05. The molecule has 0 bridgehead atoms. The van der Waals surface area contributed by atoms with Crippen LogP contribution in [0, 0.1) is 0 Å². The Labute approximate surface area is 52.5 Å². The maximum Gasteiger partial charge on any atom is 0.162 e. The van der Waals surface area contributed by atoms with Crippen LogP contribution in [-0.2, 0) is 6.61 Å². The lowest BCUT2D eigenvalue weighted by Gasteiger charge is -1.93. The van der Waals surface area contributed by atoms with Crippen LogP contribution in [0.5, 0.6) is 5.75 Å². The molecule has 0 amide bonds. The van der Waals surface area contributed by atoms with Gasteiger partial charge in [0.1, 0.15) is 5.69 Å². The molecule has 1 aromatic heterocycles. The molecule has 0 aromatic carbocycles. The molecule has 9 heavy (non-hydrogen) atoms. The Bertz CT molecular complexity index is 166.